The summed E-state index contributed by atoms with van der Waals surface area (Å²) in [4.78, 5) is 38.7. The maximum atomic E-state index is 12.7. The van der Waals surface area contributed by atoms with Crippen molar-refractivity contribution in [1.29, 1.82) is 5.26 Å². The zero-order valence-corrected chi connectivity index (χ0v) is 19.8. The first-order valence-corrected chi connectivity index (χ1v) is 12.2. The molecule has 5 rings (SSSR count). The highest BCUT2D eigenvalue weighted by atomic mass is 35.5. The second-order valence-electron chi connectivity index (χ2n) is 7.73. The summed E-state index contributed by atoms with van der Waals surface area (Å²) in [5, 5.41) is 13.3. The van der Waals surface area contributed by atoms with Gasteiger partial charge in [0.25, 0.3) is 11.1 Å². The number of nitrogens with zero attached hydrogens (tertiary/aromatic N) is 5. The van der Waals surface area contributed by atoms with E-state index in [0.717, 1.165) is 40.1 Å². The Hall–Kier alpha value is -3.26. The number of aromatic amines is 1. The van der Waals surface area contributed by atoms with Gasteiger partial charge in [0, 0.05) is 18.3 Å². The van der Waals surface area contributed by atoms with Gasteiger partial charge in [-0.05, 0) is 48.6 Å². The van der Waals surface area contributed by atoms with E-state index in [1.807, 2.05) is 27.4 Å². The SMILES string of the molecule is N#Cc1nn(-c2cc(Cl)c(-n3ccc4c3ccc(=O)n4C3CCSCC3)c(Cl)c2)c(=O)[nH]c1=O. The van der Waals surface area contributed by atoms with Crippen LogP contribution in [0.5, 0.6) is 0 Å². The molecule has 0 atom stereocenters. The van der Waals surface area contributed by atoms with Crippen LogP contribution in [0.2, 0.25) is 10.0 Å². The van der Waals surface area contributed by atoms with E-state index in [-0.39, 0.29) is 27.3 Å². The Bertz CT molecular complexity index is 1630. The second kappa shape index (κ2) is 8.83. The fourth-order valence-corrected chi connectivity index (χ4v) is 5.96. The van der Waals surface area contributed by atoms with E-state index < -0.39 is 16.9 Å². The summed E-state index contributed by atoms with van der Waals surface area (Å²) in [5.41, 5.74) is -0.0193. The minimum atomic E-state index is -0.876. The molecule has 1 N–H and O–H groups in total. The quantitative estimate of drug-likeness (QED) is 0.448. The van der Waals surface area contributed by atoms with Gasteiger partial charge >= 0.3 is 5.69 Å². The molecule has 1 aliphatic heterocycles. The topological polar surface area (TPSA) is 118 Å². The highest BCUT2D eigenvalue weighted by Gasteiger charge is 2.21. The Kier molecular flexibility index (Phi) is 5.85. The average Bonchev–Trinajstić information content (AvgIpc) is 3.22. The van der Waals surface area contributed by atoms with Crippen molar-refractivity contribution in [2.45, 2.75) is 18.9 Å². The Morgan fingerprint density at radius 1 is 1.06 bits per heavy atom. The van der Waals surface area contributed by atoms with Gasteiger partial charge < -0.3 is 9.13 Å². The predicted octanol–water partition coefficient (Wildman–Crippen LogP) is 3.27. The number of H-pyrrole nitrogens is 1. The van der Waals surface area contributed by atoms with Gasteiger partial charge in [0.1, 0.15) is 6.07 Å². The molecule has 12 heteroatoms. The van der Waals surface area contributed by atoms with Crippen LogP contribution in [0, 0.1) is 11.3 Å². The first-order chi connectivity index (χ1) is 16.4. The molecule has 0 spiro atoms. The van der Waals surface area contributed by atoms with Crippen LogP contribution >= 0.6 is 35.0 Å². The molecule has 0 amide bonds. The van der Waals surface area contributed by atoms with Crippen molar-refractivity contribution in [3.05, 3.63) is 83.5 Å². The van der Waals surface area contributed by atoms with Gasteiger partial charge in [-0.1, -0.05) is 23.2 Å². The molecule has 3 aromatic heterocycles. The Labute approximate surface area is 206 Å². The molecule has 0 aliphatic carbocycles. The van der Waals surface area contributed by atoms with Crippen LogP contribution in [0.3, 0.4) is 0 Å². The number of nitriles is 1. The van der Waals surface area contributed by atoms with Gasteiger partial charge in [0.05, 0.1) is 32.5 Å². The summed E-state index contributed by atoms with van der Waals surface area (Å²) >= 11 is 15.1. The molecule has 4 heterocycles. The van der Waals surface area contributed by atoms with Crippen molar-refractivity contribution in [2.24, 2.45) is 0 Å². The number of aromatic nitrogens is 5. The first kappa shape index (κ1) is 22.5. The molecule has 9 nitrogen and oxygen atoms in total. The Morgan fingerprint density at radius 3 is 2.44 bits per heavy atom. The average molecular weight is 515 g/mol. The van der Waals surface area contributed by atoms with Crippen LogP contribution in [-0.4, -0.2) is 35.4 Å². The highest BCUT2D eigenvalue weighted by Crippen LogP contribution is 2.35. The van der Waals surface area contributed by atoms with Crippen LogP contribution in [-0.2, 0) is 0 Å². The van der Waals surface area contributed by atoms with Gasteiger partial charge in [-0.25, -0.2) is 4.79 Å². The summed E-state index contributed by atoms with van der Waals surface area (Å²) in [6.07, 6.45) is 3.65. The molecule has 1 aliphatic rings. The molecular weight excluding hydrogens is 499 g/mol. The predicted molar refractivity (Wildman–Crippen MR) is 132 cm³/mol. The fraction of sp³-hybridized carbons (Fsp3) is 0.227. The standard InChI is InChI=1S/C22H16Cl2N6O3S/c23-14-9-13(30-22(33)26-21(32)16(11-25)27-30)10-15(24)20(14)28-6-3-18-17(28)1-2-19(31)29(18)12-4-7-34-8-5-12/h1-3,6,9-10,12H,4-5,7-8H2,(H,26,32,33). The van der Waals surface area contributed by atoms with E-state index >= 15 is 0 Å². The van der Waals surface area contributed by atoms with E-state index in [1.165, 1.54) is 12.1 Å². The van der Waals surface area contributed by atoms with Gasteiger partial charge in [0.15, 0.2) is 0 Å². The minimum Gasteiger partial charge on any atom is -0.312 e. The smallest absolute Gasteiger partial charge is 0.312 e. The zero-order chi connectivity index (χ0) is 24.0. The molecule has 0 bridgehead atoms. The lowest BCUT2D eigenvalue weighted by molar-refractivity contribution is 0.470. The largest absolute Gasteiger partial charge is 0.349 e. The molecule has 0 unspecified atom stereocenters. The lowest BCUT2D eigenvalue weighted by atomic mass is 10.1. The van der Waals surface area contributed by atoms with E-state index in [4.69, 9.17) is 28.5 Å². The van der Waals surface area contributed by atoms with Gasteiger partial charge in [-0.2, -0.15) is 21.7 Å². The molecule has 1 fully saturated rings. The first-order valence-electron chi connectivity index (χ1n) is 10.3. The number of hydrogen-bond acceptors (Lipinski definition) is 6. The zero-order valence-electron chi connectivity index (χ0n) is 17.5. The molecule has 0 saturated carbocycles. The summed E-state index contributed by atoms with van der Waals surface area (Å²) in [5.74, 6) is 2.03. The summed E-state index contributed by atoms with van der Waals surface area (Å²) < 4.78 is 4.49. The summed E-state index contributed by atoms with van der Waals surface area (Å²) in [7, 11) is 0. The Morgan fingerprint density at radius 2 is 1.76 bits per heavy atom. The number of pyridine rings is 1. The van der Waals surface area contributed by atoms with Crippen molar-refractivity contribution in [3.63, 3.8) is 0 Å². The highest BCUT2D eigenvalue weighted by molar-refractivity contribution is 7.99. The maximum absolute atomic E-state index is 12.7. The minimum absolute atomic E-state index is 0.0495. The second-order valence-corrected chi connectivity index (χ2v) is 9.77. The van der Waals surface area contributed by atoms with E-state index in [2.05, 4.69) is 5.10 Å². The number of rotatable bonds is 3. The molecule has 1 aromatic carbocycles. The van der Waals surface area contributed by atoms with Crippen LogP contribution in [0.4, 0.5) is 0 Å². The van der Waals surface area contributed by atoms with E-state index in [1.54, 1.807) is 29.0 Å². The lowest BCUT2D eigenvalue weighted by Gasteiger charge is -2.24. The summed E-state index contributed by atoms with van der Waals surface area (Å²) in [6, 6.07) is 9.86. The third-order valence-electron chi connectivity index (χ3n) is 5.76. The van der Waals surface area contributed by atoms with Crippen LogP contribution in [0.25, 0.3) is 22.4 Å². The summed E-state index contributed by atoms with van der Waals surface area (Å²) in [6.45, 7) is 0. The number of benzene rings is 1. The third-order valence-corrected chi connectivity index (χ3v) is 7.39. The van der Waals surface area contributed by atoms with Crippen molar-refractivity contribution in [1.82, 2.24) is 23.9 Å². The molecule has 34 heavy (non-hydrogen) atoms. The van der Waals surface area contributed by atoms with E-state index in [0.29, 0.717) is 5.69 Å². The van der Waals surface area contributed by atoms with Gasteiger partial charge in [0.2, 0.25) is 5.69 Å². The van der Waals surface area contributed by atoms with Crippen molar-refractivity contribution < 1.29 is 0 Å². The lowest BCUT2D eigenvalue weighted by Crippen LogP contribution is -2.33. The van der Waals surface area contributed by atoms with Gasteiger partial charge in [-0.15, -0.1) is 5.10 Å². The van der Waals surface area contributed by atoms with Crippen LogP contribution in [0.15, 0.2) is 50.9 Å². The molecule has 172 valence electrons. The number of fused-ring (bicyclic) bond motifs is 1. The van der Waals surface area contributed by atoms with E-state index in [9.17, 15) is 14.4 Å². The monoisotopic (exact) mass is 514 g/mol. The normalized spacial score (nSPS) is 14.4. The number of thioether (sulfide) groups is 1. The van der Waals surface area contributed by atoms with Gasteiger partial charge in [-0.3, -0.25) is 14.6 Å². The maximum Gasteiger partial charge on any atom is 0.349 e. The molecular formula is C22H16Cl2N6O3S. The number of halogens is 2. The molecule has 1 saturated heterocycles. The van der Waals surface area contributed by atoms with Crippen LogP contribution in [0.1, 0.15) is 24.6 Å². The number of hydrogen-bond donors (Lipinski definition) is 1. The Balaban J connectivity index is 1.66. The van der Waals surface area contributed by atoms with Crippen molar-refractivity contribution >= 4 is 46.0 Å². The number of nitrogens with one attached hydrogen (secondary N) is 1. The third kappa shape index (κ3) is 3.76. The molecule has 4 aromatic rings. The van der Waals surface area contributed by atoms with Crippen LogP contribution < -0.4 is 16.8 Å². The van der Waals surface area contributed by atoms with Crippen molar-refractivity contribution in [2.75, 3.05) is 11.5 Å². The fourth-order valence-electron chi connectivity index (χ4n) is 4.22. The van der Waals surface area contributed by atoms with Crippen molar-refractivity contribution in [3.8, 4) is 17.4 Å². The molecule has 0 radical (unpaired) electrons.